The minimum atomic E-state index is 0.139. The van der Waals surface area contributed by atoms with Crippen LogP contribution in [0.4, 0.5) is 17.3 Å². The Kier molecular flexibility index (Phi) is 5.86. The normalized spacial score (nSPS) is 20.2. The first-order valence-corrected chi connectivity index (χ1v) is 11.9. The molecule has 31 heavy (non-hydrogen) atoms. The van der Waals surface area contributed by atoms with Crippen LogP contribution in [0.5, 0.6) is 0 Å². The van der Waals surface area contributed by atoms with Crippen molar-refractivity contribution in [2.24, 2.45) is 0 Å². The summed E-state index contributed by atoms with van der Waals surface area (Å²) < 4.78 is 0.755. The number of likely N-dealkylation sites (N-methyl/N-ethyl adjacent to an activating group) is 1. The van der Waals surface area contributed by atoms with Crippen LogP contribution in [-0.2, 0) is 17.8 Å². The standard InChI is InChI=1S/C22H28AsN7O/c1-27-8-10-28(11-9-27)19-13-20(26-22(23)25-19)29-6-4-16-2-3-18(12-17(16)15-29)30-7-5-24-14-21(30)31/h2-3,12-13,24H,4-11,14-15H2,1H3. The van der Waals surface area contributed by atoms with Gasteiger partial charge in [-0.1, -0.05) is 0 Å². The summed E-state index contributed by atoms with van der Waals surface area (Å²) in [5, 5.41) is 3.14. The summed E-state index contributed by atoms with van der Waals surface area (Å²) >= 11 is 2.50. The molecule has 8 nitrogen and oxygen atoms in total. The van der Waals surface area contributed by atoms with E-state index in [0.29, 0.717) is 6.54 Å². The van der Waals surface area contributed by atoms with Gasteiger partial charge in [0.2, 0.25) is 0 Å². The Bertz CT molecular complexity index is 976. The number of fused-ring (bicyclic) bond motifs is 1. The predicted octanol–water partition coefficient (Wildman–Crippen LogP) is -0.479. The zero-order valence-electron chi connectivity index (χ0n) is 17.9. The van der Waals surface area contributed by atoms with Crippen LogP contribution in [-0.4, -0.2) is 97.0 Å². The van der Waals surface area contributed by atoms with E-state index in [1.54, 1.807) is 0 Å². The SMILES string of the molecule is CN1CCN(c2cc(N3CCc4ccc(N5CCNCC5=O)cc4C3)nc([As])n2)CC1. The van der Waals surface area contributed by atoms with Gasteiger partial charge in [-0.15, -0.1) is 0 Å². The van der Waals surface area contributed by atoms with E-state index in [9.17, 15) is 4.79 Å². The van der Waals surface area contributed by atoms with Crippen LogP contribution in [0.25, 0.3) is 0 Å². The Morgan fingerprint density at radius 2 is 1.71 bits per heavy atom. The van der Waals surface area contributed by atoms with E-state index in [1.165, 1.54) is 11.1 Å². The molecule has 0 spiro atoms. The van der Waals surface area contributed by atoms with Gasteiger partial charge >= 0.3 is 192 Å². The van der Waals surface area contributed by atoms with E-state index < -0.39 is 0 Å². The molecule has 1 amide bonds. The third-order valence-electron chi connectivity index (χ3n) is 6.44. The third-order valence-corrected chi connectivity index (χ3v) is 6.86. The number of nitrogens with zero attached hydrogens (tertiary/aromatic N) is 6. The Hall–Kier alpha value is -2.15. The average molecular weight is 481 g/mol. The molecule has 0 saturated carbocycles. The van der Waals surface area contributed by atoms with Crippen molar-refractivity contribution in [3.8, 4) is 0 Å². The molecule has 0 bridgehead atoms. The molecule has 2 aromatic rings. The molecular weight excluding hydrogens is 453 g/mol. The Morgan fingerprint density at radius 1 is 0.935 bits per heavy atom. The van der Waals surface area contributed by atoms with E-state index in [1.807, 2.05) is 4.90 Å². The van der Waals surface area contributed by atoms with Gasteiger partial charge in [0.1, 0.15) is 0 Å². The summed E-state index contributed by atoms with van der Waals surface area (Å²) in [6, 6.07) is 8.61. The second kappa shape index (κ2) is 8.77. The number of carbonyl (C=O) groups is 1. The van der Waals surface area contributed by atoms with E-state index in [2.05, 4.69) is 68.2 Å². The maximum absolute atomic E-state index is 12.3. The Balaban J connectivity index is 1.37. The number of rotatable bonds is 3. The molecule has 3 aliphatic heterocycles. The molecule has 3 aliphatic rings. The number of nitrogens with one attached hydrogen (secondary N) is 1. The molecule has 2 radical (unpaired) electrons. The predicted molar refractivity (Wildman–Crippen MR) is 124 cm³/mol. The molecule has 0 unspecified atom stereocenters. The first kappa shape index (κ1) is 20.7. The minimum absolute atomic E-state index is 0.139. The first-order chi connectivity index (χ1) is 15.1. The number of hydrogen-bond donors (Lipinski definition) is 1. The quantitative estimate of drug-likeness (QED) is 0.595. The topological polar surface area (TPSA) is 67.8 Å². The van der Waals surface area contributed by atoms with Crippen LogP contribution in [0.1, 0.15) is 11.1 Å². The molecular formula is C22H28AsN7O. The Morgan fingerprint density at radius 3 is 2.48 bits per heavy atom. The number of amides is 1. The monoisotopic (exact) mass is 481 g/mol. The third kappa shape index (κ3) is 4.42. The van der Waals surface area contributed by atoms with Crippen LogP contribution in [0.2, 0.25) is 0 Å². The summed E-state index contributed by atoms with van der Waals surface area (Å²) in [6.45, 7) is 7.79. The number of hydrogen-bond acceptors (Lipinski definition) is 7. The molecule has 5 rings (SSSR count). The summed E-state index contributed by atoms with van der Waals surface area (Å²) in [6.07, 6.45) is 0.979. The van der Waals surface area contributed by atoms with Crippen LogP contribution in [0.3, 0.4) is 0 Å². The first-order valence-electron chi connectivity index (χ1n) is 11.0. The van der Waals surface area contributed by atoms with Gasteiger partial charge in [0.25, 0.3) is 0 Å². The van der Waals surface area contributed by atoms with Gasteiger partial charge in [-0.2, -0.15) is 0 Å². The van der Waals surface area contributed by atoms with Gasteiger partial charge in [0.15, 0.2) is 0 Å². The molecule has 0 aliphatic carbocycles. The Labute approximate surface area is 192 Å². The fourth-order valence-corrected chi connectivity index (χ4v) is 4.99. The van der Waals surface area contributed by atoms with Gasteiger partial charge < -0.3 is 0 Å². The van der Waals surface area contributed by atoms with E-state index in [4.69, 9.17) is 9.97 Å². The molecule has 2 fully saturated rings. The summed E-state index contributed by atoms with van der Waals surface area (Å²) in [5.41, 5.74) is 3.64. The van der Waals surface area contributed by atoms with Gasteiger partial charge in [-0.3, -0.25) is 0 Å². The summed E-state index contributed by atoms with van der Waals surface area (Å²) in [4.78, 5) is 30.7. The van der Waals surface area contributed by atoms with Crippen LogP contribution >= 0.6 is 0 Å². The van der Waals surface area contributed by atoms with Crippen molar-refractivity contribution in [1.82, 2.24) is 20.2 Å². The maximum atomic E-state index is 12.3. The average Bonchev–Trinajstić information content (AvgIpc) is 2.79. The van der Waals surface area contributed by atoms with Crippen molar-refractivity contribution in [1.29, 1.82) is 0 Å². The van der Waals surface area contributed by atoms with Crippen LogP contribution in [0.15, 0.2) is 24.3 Å². The van der Waals surface area contributed by atoms with Crippen LogP contribution in [0, 0.1) is 0 Å². The van der Waals surface area contributed by atoms with Crippen molar-refractivity contribution in [2.45, 2.75) is 13.0 Å². The number of carbonyl (C=O) groups excluding carboxylic acids is 1. The molecule has 1 aromatic carbocycles. The molecule has 162 valence electrons. The van der Waals surface area contributed by atoms with Crippen molar-refractivity contribution < 1.29 is 4.79 Å². The van der Waals surface area contributed by atoms with Gasteiger partial charge in [0.05, 0.1) is 0 Å². The molecule has 1 N–H and O–H groups in total. The van der Waals surface area contributed by atoms with E-state index in [0.717, 1.165) is 80.7 Å². The van der Waals surface area contributed by atoms with Gasteiger partial charge in [-0.25, -0.2) is 0 Å². The van der Waals surface area contributed by atoms with Crippen molar-refractivity contribution >= 4 is 44.7 Å². The van der Waals surface area contributed by atoms with Crippen molar-refractivity contribution in [2.75, 3.05) is 74.1 Å². The van der Waals surface area contributed by atoms with Gasteiger partial charge in [-0.05, 0) is 0 Å². The van der Waals surface area contributed by atoms with Crippen molar-refractivity contribution in [3.63, 3.8) is 0 Å². The van der Waals surface area contributed by atoms with Gasteiger partial charge in [0, 0.05) is 0 Å². The molecule has 0 atom stereocenters. The second-order valence-corrected chi connectivity index (χ2v) is 9.36. The number of piperazine rings is 2. The summed E-state index contributed by atoms with van der Waals surface area (Å²) in [7, 11) is 2.16. The summed E-state index contributed by atoms with van der Waals surface area (Å²) in [5.74, 6) is 2.13. The number of anilines is 3. The van der Waals surface area contributed by atoms with Crippen molar-refractivity contribution in [3.05, 3.63) is 35.4 Å². The fraction of sp³-hybridized carbons (Fsp3) is 0.500. The van der Waals surface area contributed by atoms with E-state index >= 15 is 0 Å². The second-order valence-electron chi connectivity index (χ2n) is 8.52. The van der Waals surface area contributed by atoms with Crippen LogP contribution < -0.4 is 24.6 Å². The fourth-order valence-electron chi connectivity index (χ4n) is 4.56. The molecule has 2 saturated heterocycles. The zero-order chi connectivity index (χ0) is 21.4. The molecule has 4 heterocycles. The number of aromatic nitrogens is 2. The molecule has 1 aromatic heterocycles. The van der Waals surface area contributed by atoms with E-state index in [-0.39, 0.29) is 5.91 Å². The molecule has 9 heteroatoms. The zero-order valence-corrected chi connectivity index (χ0v) is 19.8. The number of benzene rings is 1.